The van der Waals surface area contributed by atoms with Crippen molar-refractivity contribution in [2.24, 2.45) is 5.92 Å². The second kappa shape index (κ2) is 11.4. The first kappa shape index (κ1) is 26.9. The number of piperidine rings is 1. The average Bonchev–Trinajstić information content (AvgIpc) is 2.79. The molecule has 1 amide bonds. The van der Waals surface area contributed by atoms with E-state index < -0.39 is 27.8 Å². The molecule has 0 aromatic heterocycles. The zero-order valence-corrected chi connectivity index (χ0v) is 20.8. The molecule has 34 heavy (non-hydrogen) atoms. The third kappa shape index (κ3) is 6.73. The molecule has 1 aromatic rings. The third-order valence-electron chi connectivity index (χ3n) is 6.86. The Balaban J connectivity index is 1.60. The number of carbonyl (C=O) groups excluding carboxylic acids is 1. The molecule has 1 aliphatic carbocycles. The standard InChI is InChI=1S/C24H36F3N3O3S/c1-18(2)30(34(32,33)22-10-6-9-20(15-22)24(25,26)27)21-11-13-29(14-12-21)23(31)17-28-16-19-7-4-3-5-8-19/h6,9-10,15,18-19,21,28H,3-5,7-8,11-14,16-17H2,1-2H3. The van der Waals surface area contributed by atoms with Crippen LogP contribution in [0.2, 0.25) is 0 Å². The molecule has 1 saturated heterocycles. The zero-order valence-electron chi connectivity index (χ0n) is 20.0. The van der Waals surface area contributed by atoms with Crippen molar-refractivity contribution in [3.8, 4) is 0 Å². The number of likely N-dealkylation sites (tertiary alicyclic amines) is 1. The Labute approximate surface area is 200 Å². The Hall–Kier alpha value is -1.65. The van der Waals surface area contributed by atoms with E-state index in [-0.39, 0.29) is 23.4 Å². The van der Waals surface area contributed by atoms with Gasteiger partial charge in [0.1, 0.15) is 0 Å². The SMILES string of the molecule is CC(C)N(C1CCN(C(=O)CNCC2CCCCC2)CC1)S(=O)(=O)c1cccc(C(F)(F)F)c1. The number of sulfonamides is 1. The van der Waals surface area contributed by atoms with Crippen LogP contribution >= 0.6 is 0 Å². The van der Waals surface area contributed by atoms with E-state index in [1.165, 1.54) is 42.5 Å². The van der Waals surface area contributed by atoms with Crippen molar-refractivity contribution in [3.63, 3.8) is 0 Å². The Bertz CT molecular complexity index is 923. The smallest absolute Gasteiger partial charge is 0.341 e. The van der Waals surface area contributed by atoms with E-state index >= 15 is 0 Å². The summed E-state index contributed by atoms with van der Waals surface area (Å²) < 4.78 is 67.4. The van der Waals surface area contributed by atoms with E-state index in [4.69, 9.17) is 0 Å². The van der Waals surface area contributed by atoms with E-state index in [1.807, 2.05) is 0 Å². The third-order valence-corrected chi connectivity index (χ3v) is 8.98. The van der Waals surface area contributed by atoms with Gasteiger partial charge in [-0.25, -0.2) is 8.42 Å². The average molecular weight is 504 g/mol. The Morgan fingerprint density at radius 3 is 2.35 bits per heavy atom. The normalized spacial score (nSPS) is 19.2. The number of amides is 1. The summed E-state index contributed by atoms with van der Waals surface area (Å²) in [7, 11) is -4.13. The Morgan fingerprint density at radius 2 is 1.76 bits per heavy atom. The molecule has 0 bridgehead atoms. The Morgan fingerprint density at radius 1 is 1.12 bits per heavy atom. The van der Waals surface area contributed by atoms with Crippen LogP contribution in [0.1, 0.15) is 64.4 Å². The van der Waals surface area contributed by atoms with Crippen LogP contribution in [0.5, 0.6) is 0 Å². The summed E-state index contributed by atoms with van der Waals surface area (Å²) >= 11 is 0. The molecular formula is C24H36F3N3O3S. The lowest BCUT2D eigenvalue weighted by atomic mass is 9.89. The summed E-state index contributed by atoms with van der Waals surface area (Å²) in [4.78, 5) is 14.0. The first-order chi connectivity index (χ1) is 16.0. The van der Waals surface area contributed by atoms with Crippen LogP contribution in [0.15, 0.2) is 29.2 Å². The van der Waals surface area contributed by atoms with Crippen LogP contribution in [0, 0.1) is 5.92 Å². The van der Waals surface area contributed by atoms with Crippen LogP contribution in [-0.2, 0) is 21.0 Å². The number of halogens is 3. The van der Waals surface area contributed by atoms with Gasteiger partial charge >= 0.3 is 6.18 Å². The van der Waals surface area contributed by atoms with Crippen molar-refractivity contribution in [2.45, 2.75) is 81.9 Å². The van der Waals surface area contributed by atoms with E-state index in [9.17, 15) is 26.4 Å². The van der Waals surface area contributed by atoms with Gasteiger partial charge in [0.25, 0.3) is 0 Å². The molecular weight excluding hydrogens is 467 g/mol. The van der Waals surface area contributed by atoms with Gasteiger partial charge in [0.05, 0.1) is 17.0 Å². The van der Waals surface area contributed by atoms with Crippen molar-refractivity contribution < 1.29 is 26.4 Å². The molecule has 0 atom stereocenters. The van der Waals surface area contributed by atoms with Gasteiger partial charge in [-0.1, -0.05) is 25.3 Å². The molecule has 1 heterocycles. The molecule has 3 rings (SSSR count). The number of hydrogen-bond acceptors (Lipinski definition) is 4. The number of carbonyl (C=O) groups is 1. The van der Waals surface area contributed by atoms with E-state index in [0.717, 1.165) is 18.7 Å². The second-order valence-electron chi connectivity index (χ2n) is 9.70. The molecule has 6 nitrogen and oxygen atoms in total. The highest BCUT2D eigenvalue weighted by atomic mass is 32.2. The van der Waals surface area contributed by atoms with Crippen LogP contribution in [0.4, 0.5) is 13.2 Å². The lowest BCUT2D eigenvalue weighted by Gasteiger charge is -2.39. The highest BCUT2D eigenvalue weighted by Crippen LogP contribution is 2.33. The Kier molecular flexibility index (Phi) is 9.03. The molecule has 0 unspecified atom stereocenters. The molecule has 1 aromatic carbocycles. The molecule has 1 aliphatic heterocycles. The van der Waals surface area contributed by atoms with Gasteiger partial charge in [-0.3, -0.25) is 4.79 Å². The molecule has 192 valence electrons. The maximum absolute atomic E-state index is 13.3. The molecule has 2 fully saturated rings. The van der Waals surface area contributed by atoms with Gasteiger partial charge in [0.2, 0.25) is 15.9 Å². The highest BCUT2D eigenvalue weighted by molar-refractivity contribution is 7.89. The van der Waals surface area contributed by atoms with Crippen LogP contribution in [0.3, 0.4) is 0 Å². The van der Waals surface area contributed by atoms with Crippen molar-refractivity contribution in [2.75, 3.05) is 26.2 Å². The van der Waals surface area contributed by atoms with Crippen molar-refractivity contribution in [3.05, 3.63) is 29.8 Å². The van der Waals surface area contributed by atoms with Gasteiger partial charge < -0.3 is 10.2 Å². The first-order valence-corrected chi connectivity index (χ1v) is 13.6. The lowest BCUT2D eigenvalue weighted by molar-refractivity contribution is -0.137. The number of rotatable bonds is 8. The molecule has 0 spiro atoms. The number of hydrogen-bond donors (Lipinski definition) is 1. The summed E-state index contributed by atoms with van der Waals surface area (Å²) in [6.45, 7) is 5.41. The van der Waals surface area contributed by atoms with Gasteiger partial charge in [-0.05, 0) is 70.2 Å². The van der Waals surface area contributed by atoms with E-state index in [1.54, 1.807) is 18.7 Å². The van der Waals surface area contributed by atoms with Crippen LogP contribution in [-0.4, -0.2) is 61.8 Å². The minimum atomic E-state index is -4.62. The zero-order chi connectivity index (χ0) is 24.9. The van der Waals surface area contributed by atoms with E-state index in [0.29, 0.717) is 37.9 Å². The van der Waals surface area contributed by atoms with Crippen LogP contribution < -0.4 is 5.32 Å². The van der Waals surface area contributed by atoms with Gasteiger partial charge in [-0.2, -0.15) is 17.5 Å². The van der Waals surface area contributed by atoms with Crippen LogP contribution in [0.25, 0.3) is 0 Å². The molecule has 10 heteroatoms. The predicted octanol–water partition coefficient (Wildman–Crippen LogP) is 4.27. The second-order valence-corrected chi connectivity index (χ2v) is 11.5. The maximum atomic E-state index is 13.3. The molecule has 0 radical (unpaired) electrons. The number of nitrogens with zero attached hydrogens (tertiary/aromatic N) is 2. The number of benzene rings is 1. The van der Waals surface area contributed by atoms with E-state index in [2.05, 4.69) is 5.32 Å². The summed E-state index contributed by atoms with van der Waals surface area (Å²) in [5.74, 6) is 0.638. The fourth-order valence-electron chi connectivity index (χ4n) is 5.11. The number of alkyl halides is 3. The minimum absolute atomic E-state index is 0.00564. The topological polar surface area (TPSA) is 69.7 Å². The first-order valence-electron chi connectivity index (χ1n) is 12.2. The molecule has 1 saturated carbocycles. The highest BCUT2D eigenvalue weighted by Gasteiger charge is 2.38. The molecule has 1 N–H and O–H groups in total. The van der Waals surface area contributed by atoms with Crippen molar-refractivity contribution >= 4 is 15.9 Å². The summed E-state index contributed by atoms with van der Waals surface area (Å²) in [5.41, 5.74) is -0.988. The fourth-order valence-corrected chi connectivity index (χ4v) is 7.03. The minimum Gasteiger partial charge on any atom is -0.341 e. The fraction of sp³-hybridized carbons (Fsp3) is 0.708. The van der Waals surface area contributed by atoms with Crippen molar-refractivity contribution in [1.82, 2.24) is 14.5 Å². The van der Waals surface area contributed by atoms with Gasteiger partial charge in [0, 0.05) is 25.2 Å². The lowest BCUT2D eigenvalue weighted by Crippen LogP contribution is -2.52. The summed E-state index contributed by atoms with van der Waals surface area (Å²) in [6.07, 6.45) is 2.49. The van der Waals surface area contributed by atoms with Gasteiger partial charge in [-0.15, -0.1) is 0 Å². The largest absolute Gasteiger partial charge is 0.416 e. The predicted molar refractivity (Wildman–Crippen MR) is 125 cm³/mol. The quantitative estimate of drug-likeness (QED) is 0.576. The molecule has 2 aliphatic rings. The van der Waals surface area contributed by atoms with Crippen molar-refractivity contribution in [1.29, 1.82) is 0 Å². The van der Waals surface area contributed by atoms with Gasteiger partial charge in [0.15, 0.2) is 0 Å². The maximum Gasteiger partial charge on any atom is 0.416 e. The monoisotopic (exact) mass is 503 g/mol. The number of nitrogens with one attached hydrogen (secondary N) is 1. The summed E-state index contributed by atoms with van der Waals surface area (Å²) in [6, 6.07) is 3.08. The summed E-state index contributed by atoms with van der Waals surface area (Å²) in [5, 5.41) is 3.28.